The summed E-state index contributed by atoms with van der Waals surface area (Å²) in [6.07, 6.45) is 5.15. The largest absolute Gasteiger partial charge is 0.497 e. The lowest BCUT2D eigenvalue weighted by atomic mass is 9.73. The summed E-state index contributed by atoms with van der Waals surface area (Å²) >= 11 is 0. The van der Waals surface area contributed by atoms with Crippen LogP contribution in [0.2, 0.25) is 16.6 Å². The Kier molecular flexibility index (Phi) is 13.3. The van der Waals surface area contributed by atoms with Crippen molar-refractivity contribution >= 4 is 8.32 Å². The highest BCUT2D eigenvalue weighted by Gasteiger charge is 2.53. The van der Waals surface area contributed by atoms with Crippen molar-refractivity contribution in [3.8, 4) is 5.75 Å². The first kappa shape index (κ1) is 36.2. The van der Waals surface area contributed by atoms with Crippen LogP contribution in [0.15, 0.2) is 36.4 Å². The van der Waals surface area contributed by atoms with E-state index in [0.29, 0.717) is 62.3 Å². The van der Waals surface area contributed by atoms with Gasteiger partial charge in [-0.1, -0.05) is 86.6 Å². The van der Waals surface area contributed by atoms with E-state index in [-0.39, 0.29) is 36.6 Å². The Morgan fingerprint density at radius 1 is 0.977 bits per heavy atom. The van der Waals surface area contributed by atoms with E-state index in [1.54, 1.807) is 7.11 Å². The van der Waals surface area contributed by atoms with Gasteiger partial charge in [0.15, 0.2) is 14.6 Å². The molecule has 0 aromatic heterocycles. The molecule has 0 radical (unpaired) electrons. The molecule has 0 unspecified atom stereocenters. The van der Waals surface area contributed by atoms with Crippen molar-refractivity contribution in [1.82, 2.24) is 0 Å². The van der Waals surface area contributed by atoms with Gasteiger partial charge in [0.1, 0.15) is 5.75 Å². The van der Waals surface area contributed by atoms with Gasteiger partial charge in [0.25, 0.3) is 0 Å². The van der Waals surface area contributed by atoms with Crippen LogP contribution in [0.3, 0.4) is 0 Å². The predicted molar refractivity (Wildman–Crippen MR) is 175 cm³/mol. The van der Waals surface area contributed by atoms with E-state index >= 15 is 0 Å². The zero-order chi connectivity index (χ0) is 31.8. The van der Waals surface area contributed by atoms with Gasteiger partial charge in [-0.3, -0.25) is 0 Å². The van der Waals surface area contributed by atoms with E-state index in [1.807, 2.05) is 18.2 Å². The van der Waals surface area contributed by atoms with Crippen LogP contribution in [0, 0.1) is 10.8 Å². The summed E-state index contributed by atoms with van der Waals surface area (Å²) in [6.45, 7) is 23.0. The van der Waals surface area contributed by atoms with Crippen molar-refractivity contribution in [1.29, 1.82) is 0 Å². The van der Waals surface area contributed by atoms with Crippen molar-refractivity contribution in [2.24, 2.45) is 10.8 Å². The van der Waals surface area contributed by atoms with Gasteiger partial charge in [-0.2, -0.15) is 0 Å². The molecule has 2 aliphatic heterocycles. The Bertz CT molecular complexity index is 961. The molecule has 1 aromatic rings. The van der Waals surface area contributed by atoms with Gasteiger partial charge in [0, 0.05) is 36.9 Å². The monoisotopic (exact) mass is 620 g/mol. The van der Waals surface area contributed by atoms with E-state index in [9.17, 15) is 5.11 Å². The van der Waals surface area contributed by atoms with Gasteiger partial charge in [-0.25, -0.2) is 0 Å². The summed E-state index contributed by atoms with van der Waals surface area (Å²) in [5.41, 5.74) is 2.06. The van der Waals surface area contributed by atoms with E-state index in [4.69, 9.17) is 28.1 Å². The average Bonchev–Trinajstić information content (AvgIpc) is 2.95. The van der Waals surface area contributed by atoms with Crippen LogP contribution in [-0.2, 0) is 30.0 Å². The molecule has 1 aromatic carbocycles. The molecule has 2 aliphatic rings. The Balaban J connectivity index is 1.96. The predicted octanol–water partition coefficient (Wildman–Crippen LogP) is 7.66. The fraction of sp³-hybridized carbons (Fsp3) is 0.771. The van der Waals surface area contributed by atoms with E-state index in [2.05, 4.69) is 80.5 Å². The summed E-state index contributed by atoms with van der Waals surface area (Å²) in [5.74, 6) is 0.829. The van der Waals surface area contributed by atoms with Crippen LogP contribution in [0.1, 0.15) is 87.1 Å². The molecule has 0 aliphatic carbocycles. The van der Waals surface area contributed by atoms with Crippen LogP contribution in [0.4, 0.5) is 0 Å². The molecule has 2 saturated heterocycles. The van der Waals surface area contributed by atoms with Crippen molar-refractivity contribution in [3.05, 3.63) is 42.0 Å². The normalized spacial score (nSPS) is 27.1. The second kappa shape index (κ2) is 15.8. The molecule has 7 nitrogen and oxygen atoms in total. The second-order valence-corrected chi connectivity index (χ2v) is 20.0. The molecular formula is C35H60O7Si. The van der Waals surface area contributed by atoms with Gasteiger partial charge in [0.05, 0.1) is 45.2 Å². The maximum Gasteiger partial charge on any atom is 0.200 e. The molecule has 3 rings (SSSR count). The number of aliphatic hydroxyl groups is 1. The van der Waals surface area contributed by atoms with E-state index in [0.717, 1.165) is 11.3 Å². The zero-order valence-corrected chi connectivity index (χ0v) is 29.6. The van der Waals surface area contributed by atoms with Crippen LogP contribution < -0.4 is 4.74 Å². The highest BCUT2D eigenvalue weighted by atomic mass is 28.4. The third-order valence-electron chi connectivity index (χ3n) is 9.58. The fourth-order valence-corrected chi connectivity index (χ4v) is 12.6. The van der Waals surface area contributed by atoms with Gasteiger partial charge >= 0.3 is 0 Å². The Hall–Kier alpha value is -1.26. The maximum absolute atomic E-state index is 9.40. The lowest BCUT2D eigenvalue weighted by Gasteiger charge is -2.52. The molecule has 0 bridgehead atoms. The first-order chi connectivity index (χ1) is 20.3. The van der Waals surface area contributed by atoms with Crippen molar-refractivity contribution in [2.45, 2.75) is 129 Å². The molecule has 1 N–H and O–H groups in total. The third kappa shape index (κ3) is 9.15. The molecule has 0 saturated carbocycles. The topological polar surface area (TPSA) is 75.6 Å². The standard InChI is InChI=1S/C35H60O7Si/c1-25(2)43(26(3)4,27(5)6)41-24-35(9)31(38-21-28-14-16-29(37-10)17-15-28)19-30(13-11-12-18-36)42-32(35)20-33-39-22-34(7,8)23-40-33/h11,13-17,25-27,30-33,36H,12,18-24H2,1-10H3/b13-11+/t30-,31-,32+,35-/m0/s1. The molecule has 0 spiro atoms. The maximum atomic E-state index is 9.40. The summed E-state index contributed by atoms with van der Waals surface area (Å²) in [6, 6.07) is 8.06. The van der Waals surface area contributed by atoms with Crippen LogP contribution in [0.25, 0.3) is 0 Å². The number of ether oxygens (including phenoxy) is 5. The van der Waals surface area contributed by atoms with Crippen LogP contribution in [-0.4, -0.2) is 71.6 Å². The summed E-state index contributed by atoms with van der Waals surface area (Å²) < 4.78 is 38.8. The third-order valence-corrected chi connectivity index (χ3v) is 15.6. The lowest BCUT2D eigenvalue weighted by molar-refractivity contribution is -0.260. The molecule has 2 fully saturated rings. The van der Waals surface area contributed by atoms with E-state index < -0.39 is 13.7 Å². The van der Waals surface area contributed by atoms with Gasteiger partial charge < -0.3 is 33.2 Å². The van der Waals surface area contributed by atoms with E-state index in [1.165, 1.54) is 0 Å². The van der Waals surface area contributed by atoms with Crippen LogP contribution in [0.5, 0.6) is 5.75 Å². The first-order valence-electron chi connectivity index (χ1n) is 16.3. The number of hydrogen-bond donors (Lipinski definition) is 1. The number of hydrogen-bond acceptors (Lipinski definition) is 7. The summed E-state index contributed by atoms with van der Waals surface area (Å²) in [7, 11) is -0.479. The fourth-order valence-electron chi connectivity index (χ4n) is 7.06. The lowest BCUT2D eigenvalue weighted by Crippen LogP contribution is -2.59. The van der Waals surface area contributed by atoms with Gasteiger partial charge in [0.2, 0.25) is 0 Å². The molecule has 246 valence electrons. The highest BCUT2D eigenvalue weighted by molar-refractivity contribution is 6.77. The molecular weight excluding hydrogens is 560 g/mol. The molecule has 8 heteroatoms. The molecule has 2 heterocycles. The minimum Gasteiger partial charge on any atom is -0.497 e. The minimum absolute atomic E-state index is 0.00703. The first-order valence-corrected chi connectivity index (χ1v) is 18.5. The van der Waals surface area contributed by atoms with Crippen LogP contribution >= 0.6 is 0 Å². The average molecular weight is 621 g/mol. The van der Waals surface area contributed by atoms with Crippen molar-refractivity contribution in [3.63, 3.8) is 0 Å². The second-order valence-electron chi connectivity index (χ2n) is 14.6. The van der Waals surface area contributed by atoms with Crippen molar-refractivity contribution in [2.75, 3.05) is 33.5 Å². The number of methoxy groups -OCH3 is 1. The molecule has 4 atom stereocenters. The Morgan fingerprint density at radius 2 is 1.58 bits per heavy atom. The number of benzene rings is 1. The SMILES string of the molecule is COc1ccc(CO[C@H]2C[C@H](/C=C/CCO)O[C@H](CC3OCC(C)(C)CO3)[C@@]2(C)CO[Si](C(C)C)(C(C)C)C(C)C)cc1. The van der Waals surface area contributed by atoms with Gasteiger partial charge in [-0.05, 0) is 40.7 Å². The number of aliphatic hydroxyl groups excluding tert-OH is 1. The molecule has 43 heavy (non-hydrogen) atoms. The number of rotatable bonds is 15. The summed E-state index contributed by atoms with van der Waals surface area (Å²) in [4.78, 5) is 0. The Labute approximate surface area is 262 Å². The molecule has 0 amide bonds. The highest BCUT2D eigenvalue weighted by Crippen LogP contribution is 2.47. The Morgan fingerprint density at radius 3 is 2.12 bits per heavy atom. The van der Waals surface area contributed by atoms with Gasteiger partial charge in [-0.15, -0.1) is 0 Å². The summed E-state index contributed by atoms with van der Waals surface area (Å²) in [5, 5.41) is 9.40. The quantitative estimate of drug-likeness (QED) is 0.159. The smallest absolute Gasteiger partial charge is 0.200 e. The minimum atomic E-state index is -2.16. The van der Waals surface area contributed by atoms with Crippen molar-refractivity contribution < 1.29 is 33.2 Å². The zero-order valence-electron chi connectivity index (χ0n) is 28.6.